The van der Waals surface area contributed by atoms with Gasteiger partial charge in [-0.3, -0.25) is 0 Å². The van der Waals surface area contributed by atoms with Crippen LogP contribution in [0.3, 0.4) is 0 Å². The lowest BCUT2D eigenvalue weighted by Gasteiger charge is -2.44. The first kappa shape index (κ1) is 21.7. The molecule has 1 aromatic carbocycles. The van der Waals surface area contributed by atoms with Crippen LogP contribution in [0.15, 0.2) is 42.5 Å². The van der Waals surface area contributed by atoms with Crippen molar-refractivity contribution in [2.24, 2.45) is 23.7 Å². The minimum Gasteiger partial charge on any atom is -0.490 e. The van der Waals surface area contributed by atoms with Gasteiger partial charge in [0.2, 0.25) is 0 Å². The van der Waals surface area contributed by atoms with Gasteiger partial charge in [0, 0.05) is 0 Å². The van der Waals surface area contributed by atoms with Crippen LogP contribution in [0, 0.1) is 23.7 Å². The van der Waals surface area contributed by atoms with E-state index in [1.807, 2.05) is 13.0 Å². The van der Waals surface area contributed by atoms with Crippen LogP contribution >= 0.6 is 0 Å². The van der Waals surface area contributed by atoms with Crippen molar-refractivity contribution >= 4 is 0 Å². The van der Waals surface area contributed by atoms with Gasteiger partial charge in [-0.2, -0.15) is 0 Å². The van der Waals surface area contributed by atoms with Gasteiger partial charge in [-0.1, -0.05) is 30.4 Å². The summed E-state index contributed by atoms with van der Waals surface area (Å²) < 4.78 is 11.9. The molecule has 2 fully saturated rings. The quantitative estimate of drug-likeness (QED) is 0.456. The molecule has 0 N–H and O–H groups in total. The Morgan fingerprint density at radius 2 is 1.53 bits per heavy atom. The highest BCUT2D eigenvalue weighted by atomic mass is 16.5. The number of allylic oxidation sites excluding steroid dienone is 2. The zero-order valence-corrected chi connectivity index (χ0v) is 19.0. The SMILES string of the molecule is C/C=C/COc1ccc2c(c1)CCC(C1CCC3C[C@H](OC/C=C/C)CC[C@@H]3C1)C2. The van der Waals surface area contributed by atoms with Gasteiger partial charge < -0.3 is 9.47 Å². The van der Waals surface area contributed by atoms with Gasteiger partial charge in [0.25, 0.3) is 0 Å². The molecule has 0 amide bonds. The third-order valence-corrected chi connectivity index (χ3v) is 7.96. The fourth-order valence-corrected chi connectivity index (χ4v) is 6.24. The molecule has 30 heavy (non-hydrogen) atoms. The van der Waals surface area contributed by atoms with E-state index in [9.17, 15) is 0 Å². The van der Waals surface area contributed by atoms with E-state index in [1.54, 1.807) is 5.56 Å². The number of benzene rings is 1. The number of hydrogen-bond acceptors (Lipinski definition) is 2. The monoisotopic (exact) mass is 408 g/mol. The minimum absolute atomic E-state index is 0.504. The predicted octanol–water partition coefficient (Wildman–Crippen LogP) is 6.92. The molecule has 5 atom stereocenters. The molecule has 0 saturated heterocycles. The van der Waals surface area contributed by atoms with Crippen molar-refractivity contribution in [2.45, 2.75) is 77.7 Å². The molecule has 0 aromatic heterocycles. The highest BCUT2D eigenvalue weighted by Gasteiger charge is 2.38. The summed E-state index contributed by atoms with van der Waals surface area (Å²) in [6.45, 7) is 5.58. The van der Waals surface area contributed by atoms with E-state index in [2.05, 4.69) is 43.4 Å². The van der Waals surface area contributed by atoms with Crippen LogP contribution in [0.2, 0.25) is 0 Å². The summed E-state index contributed by atoms with van der Waals surface area (Å²) in [7, 11) is 0. The van der Waals surface area contributed by atoms with Gasteiger partial charge in [0.15, 0.2) is 0 Å². The lowest BCUT2D eigenvalue weighted by atomic mass is 9.62. The van der Waals surface area contributed by atoms with E-state index in [-0.39, 0.29) is 0 Å². The Balaban J connectivity index is 1.29. The van der Waals surface area contributed by atoms with Gasteiger partial charge in [0.05, 0.1) is 12.7 Å². The highest BCUT2D eigenvalue weighted by Crippen LogP contribution is 2.47. The first-order valence-corrected chi connectivity index (χ1v) is 12.3. The lowest BCUT2D eigenvalue weighted by Crippen LogP contribution is -2.37. The van der Waals surface area contributed by atoms with Crippen molar-refractivity contribution < 1.29 is 9.47 Å². The second-order valence-electron chi connectivity index (χ2n) is 9.74. The maximum Gasteiger partial charge on any atom is 0.120 e. The van der Waals surface area contributed by atoms with Gasteiger partial charge >= 0.3 is 0 Å². The normalized spacial score (nSPS) is 31.6. The van der Waals surface area contributed by atoms with Crippen molar-refractivity contribution in [3.05, 3.63) is 53.6 Å². The first-order valence-electron chi connectivity index (χ1n) is 12.3. The zero-order valence-electron chi connectivity index (χ0n) is 19.0. The second kappa shape index (κ2) is 10.7. The molecule has 2 saturated carbocycles. The predicted molar refractivity (Wildman–Crippen MR) is 125 cm³/mol. The Labute approximate surface area is 183 Å². The van der Waals surface area contributed by atoms with Crippen LogP contribution in [0.1, 0.15) is 69.9 Å². The van der Waals surface area contributed by atoms with E-state index in [4.69, 9.17) is 9.47 Å². The van der Waals surface area contributed by atoms with Crippen LogP contribution in [0.4, 0.5) is 0 Å². The van der Waals surface area contributed by atoms with Crippen molar-refractivity contribution in [2.75, 3.05) is 13.2 Å². The Bertz CT molecular complexity index is 734. The van der Waals surface area contributed by atoms with Crippen LogP contribution in [0.5, 0.6) is 5.75 Å². The molecule has 0 aliphatic heterocycles. The molecular formula is C28H40O2. The summed E-state index contributed by atoms with van der Waals surface area (Å²) in [4.78, 5) is 0. The molecule has 3 unspecified atom stereocenters. The fraction of sp³-hybridized carbons (Fsp3) is 0.643. The number of aryl methyl sites for hydroxylation is 1. The summed E-state index contributed by atoms with van der Waals surface area (Å²) in [5.74, 6) is 4.72. The van der Waals surface area contributed by atoms with Gasteiger partial charge in [-0.05, 0) is 119 Å². The summed E-state index contributed by atoms with van der Waals surface area (Å²) >= 11 is 0. The minimum atomic E-state index is 0.504. The van der Waals surface area contributed by atoms with Gasteiger partial charge in [0.1, 0.15) is 12.4 Å². The number of hydrogen-bond donors (Lipinski definition) is 0. The molecule has 0 heterocycles. The largest absolute Gasteiger partial charge is 0.490 e. The third kappa shape index (κ3) is 5.38. The number of ether oxygens (including phenoxy) is 2. The van der Waals surface area contributed by atoms with E-state index in [0.717, 1.165) is 36.0 Å². The summed E-state index contributed by atoms with van der Waals surface area (Å²) in [6.07, 6.45) is 21.0. The smallest absolute Gasteiger partial charge is 0.120 e. The molecule has 3 aliphatic carbocycles. The van der Waals surface area contributed by atoms with Gasteiger partial charge in [-0.15, -0.1) is 0 Å². The van der Waals surface area contributed by atoms with E-state index < -0.39 is 0 Å². The molecule has 0 spiro atoms. The van der Waals surface area contributed by atoms with Crippen molar-refractivity contribution in [3.63, 3.8) is 0 Å². The molecule has 0 radical (unpaired) electrons. The highest BCUT2D eigenvalue weighted by molar-refractivity contribution is 5.37. The average Bonchev–Trinajstić information content (AvgIpc) is 2.78. The summed E-state index contributed by atoms with van der Waals surface area (Å²) in [6, 6.07) is 6.81. The van der Waals surface area contributed by atoms with Crippen LogP contribution in [0.25, 0.3) is 0 Å². The zero-order chi connectivity index (χ0) is 20.8. The topological polar surface area (TPSA) is 18.5 Å². The van der Waals surface area contributed by atoms with Crippen molar-refractivity contribution in [1.82, 2.24) is 0 Å². The maximum atomic E-state index is 6.09. The number of fused-ring (bicyclic) bond motifs is 2. The third-order valence-electron chi connectivity index (χ3n) is 7.96. The number of rotatable bonds is 7. The Morgan fingerprint density at radius 3 is 2.37 bits per heavy atom. The van der Waals surface area contributed by atoms with E-state index >= 15 is 0 Å². The van der Waals surface area contributed by atoms with Crippen LogP contribution in [-0.4, -0.2) is 19.3 Å². The Morgan fingerprint density at radius 1 is 0.800 bits per heavy atom. The van der Waals surface area contributed by atoms with Crippen molar-refractivity contribution in [3.8, 4) is 5.75 Å². The van der Waals surface area contributed by atoms with Crippen LogP contribution in [-0.2, 0) is 17.6 Å². The fourth-order valence-electron chi connectivity index (χ4n) is 6.24. The molecule has 1 aromatic rings. The molecule has 0 bridgehead atoms. The Kier molecular flexibility index (Phi) is 7.71. The second-order valence-corrected chi connectivity index (χ2v) is 9.74. The van der Waals surface area contributed by atoms with Gasteiger partial charge in [-0.25, -0.2) is 0 Å². The summed E-state index contributed by atoms with van der Waals surface area (Å²) in [5, 5.41) is 0. The molecular weight excluding hydrogens is 368 g/mol. The maximum absolute atomic E-state index is 6.09. The molecule has 2 nitrogen and oxygen atoms in total. The van der Waals surface area contributed by atoms with Crippen molar-refractivity contribution in [1.29, 1.82) is 0 Å². The Hall–Kier alpha value is -1.54. The molecule has 2 heteroatoms. The molecule has 3 aliphatic rings. The average molecular weight is 409 g/mol. The van der Waals surface area contributed by atoms with Crippen LogP contribution < -0.4 is 4.74 Å². The standard InChI is InChI=1S/C28H40O2/c1-3-5-15-29-27-13-11-23-17-21(7-9-25(23)19-27)22-8-10-26-20-28(30-16-6-4-2)14-12-24(26)18-22/h3-6,11,13,19,21-22,24,26,28H,7-10,12,14-18,20H2,1-2H3/b5-3+,6-4+/t21?,22?,24-,26?,28-/m1/s1. The molecule has 4 rings (SSSR count). The van der Waals surface area contributed by atoms with E-state index in [0.29, 0.717) is 12.7 Å². The lowest BCUT2D eigenvalue weighted by molar-refractivity contribution is -0.0138. The first-order chi connectivity index (χ1) is 14.8. The molecule has 164 valence electrons. The summed E-state index contributed by atoms with van der Waals surface area (Å²) in [5.41, 5.74) is 3.10. The van der Waals surface area contributed by atoms with E-state index in [1.165, 1.54) is 63.4 Å².